The third-order valence-electron chi connectivity index (χ3n) is 0. The van der Waals surface area contributed by atoms with E-state index in [4.69, 9.17) is 0 Å². The van der Waals surface area contributed by atoms with Gasteiger partial charge in [-0.15, -0.1) is 6.58 Å². The van der Waals surface area contributed by atoms with Gasteiger partial charge in [0.15, 0.2) is 0 Å². The van der Waals surface area contributed by atoms with Gasteiger partial charge in [-0.1, -0.05) is 6.08 Å². The molecule has 0 saturated heterocycles. The Morgan fingerprint density at radius 2 is 1.75 bits per heavy atom. The Kier molecular flexibility index (Phi) is 22.6. The minimum Gasteiger partial charge on any atom is -0.103 e. The molecule has 0 N–H and O–H groups in total. The molecule has 0 unspecified atom stereocenters. The molecule has 0 amide bonds. The Bertz CT molecular complexity index is 10.8. The van der Waals surface area contributed by atoms with Crippen LogP contribution in [0.15, 0.2) is 12.7 Å². The summed E-state index contributed by atoms with van der Waals surface area (Å²) >= 11 is 0. The van der Waals surface area contributed by atoms with Gasteiger partial charge < -0.3 is 0 Å². The molecule has 23 valence electrons. The Morgan fingerprint density at radius 3 is 1.75 bits per heavy atom. The van der Waals surface area contributed by atoms with Gasteiger partial charge in [-0.3, -0.25) is 0 Å². The van der Waals surface area contributed by atoms with E-state index in [2.05, 4.69) is 6.58 Å². The van der Waals surface area contributed by atoms with Gasteiger partial charge in [0, 0.05) is 18.6 Å². The number of allylic oxidation sites excluding steroid dienone is 1. The van der Waals surface area contributed by atoms with Crippen LogP contribution in [-0.4, -0.2) is 0 Å². The van der Waals surface area contributed by atoms with Crippen LogP contribution in [0.3, 0.4) is 0 Å². The van der Waals surface area contributed by atoms with Gasteiger partial charge in [0.2, 0.25) is 0 Å². The van der Waals surface area contributed by atoms with Crippen LogP contribution >= 0.6 is 0 Å². The number of hydrogen-bond donors (Lipinski definition) is 0. The summed E-state index contributed by atoms with van der Waals surface area (Å²) in [6.07, 6.45) is 1.75. The molecule has 1 radical (unpaired) electrons. The van der Waals surface area contributed by atoms with E-state index in [0.29, 0.717) is 0 Å². The van der Waals surface area contributed by atoms with Gasteiger partial charge in [-0.25, -0.2) is 0 Å². The van der Waals surface area contributed by atoms with Gasteiger partial charge in [0.05, 0.1) is 0 Å². The minimum absolute atomic E-state index is 0. The largest absolute Gasteiger partial charge is 0.103 e. The first-order valence-electron chi connectivity index (χ1n) is 0.986. The molecule has 0 fully saturated rings. The maximum Gasteiger partial charge on any atom is 0 e. The Morgan fingerprint density at radius 1 is 1.75 bits per heavy atom. The van der Waals surface area contributed by atoms with E-state index < -0.39 is 0 Å². The fourth-order valence-corrected chi connectivity index (χ4v) is 0. The van der Waals surface area contributed by atoms with Crippen molar-refractivity contribution in [2.45, 2.75) is 6.92 Å². The summed E-state index contributed by atoms with van der Waals surface area (Å²) in [6, 6.07) is 0. The Hall–Kier alpha value is 0.324. The first-order chi connectivity index (χ1) is 1.41. The van der Waals surface area contributed by atoms with Gasteiger partial charge in [0.1, 0.15) is 0 Å². The molecule has 0 aliphatic rings. The third kappa shape index (κ3) is 38.7. The number of rotatable bonds is 0. The normalized spacial score (nSPS) is 3.25. The second-order valence-electron chi connectivity index (χ2n) is 0.408. The molecular formula is C3H6V. The van der Waals surface area contributed by atoms with Crippen molar-refractivity contribution in [3.8, 4) is 0 Å². The van der Waals surface area contributed by atoms with Crippen LogP contribution < -0.4 is 0 Å². The molecule has 0 aliphatic carbocycles. The molecule has 0 aliphatic heterocycles. The van der Waals surface area contributed by atoms with E-state index in [1.54, 1.807) is 6.08 Å². The average molecular weight is 93.0 g/mol. The zero-order valence-electron chi connectivity index (χ0n) is 2.73. The van der Waals surface area contributed by atoms with E-state index in [9.17, 15) is 0 Å². The van der Waals surface area contributed by atoms with Gasteiger partial charge in [-0.05, 0) is 6.92 Å². The summed E-state index contributed by atoms with van der Waals surface area (Å²) in [6.45, 7) is 5.25. The minimum atomic E-state index is 0. The Labute approximate surface area is 38.8 Å². The molecule has 0 saturated carbocycles. The molecule has 0 aromatic heterocycles. The summed E-state index contributed by atoms with van der Waals surface area (Å²) < 4.78 is 0. The summed E-state index contributed by atoms with van der Waals surface area (Å²) in [5, 5.41) is 0. The van der Waals surface area contributed by atoms with Gasteiger partial charge >= 0.3 is 0 Å². The number of hydrogen-bond acceptors (Lipinski definition) is 0. The maximum atomic E-state index is 3.36. The first kappa shape index (κ1) is 8.85. The summed E-state index contributed by atoms with van der Waals surface area (Å²) in [4.78, 5) is 0. The first-order valence-corrected chi connectivity index (χ1v) is 0.986. The van der Waals surface area contributed by atoms with Gasteiger partial charge in [-0.2, -0.15) is 0 Å². The fraction of sp³-hybridized carbons (Fsp3) is 0.333. The van der Waals surface area contributed by atoms with Crippen molar-refractivity contribution in [1.29, 1.82) is 0 Å². The van der Waals surface area contributed by atoms with Crippen LogP contribution in [0.5, 0.6) is 0 Å². The molecule has 0 heterocycles. The van der Waals surface area contributed by atoms with Crippen LogP contribution in [0.2, 0.25) is 0 Å². The molecule has 1 heteroatoms. The topological polar surface area (TPSA) is 0 Å². The smallest absolute Gasteiger partial charge is 0 e. The molecule has 0 atom stereocenters. The van der Waals surface area contributed by atoms with Crippen molar-refractivity contribution in [2.75, 3.05) is 0 Å². The zero-order valence-corrected chi connectivity index (χ0v) is 4.13. The quantitative estimate of drug-likeness (QED) is 0.394. The summed E-state index contributed by atoms with van der Waals surface area (Å²) in [5.74, 6) is 0. The molecule has 0 aromatic rings. The predicted molar refractivity (Wildman–Crippen MR) is 15.9 cm³/mol. The molecule has 4 heavy (non-hydrogen) atoms. The SMILES string of the molecule is C=CC.[V]. The van der Waals surface area contributed by atoms with Crippen LogP contribution in [-0.2, 0) is 18.6 Å². The predicted octanol–water partition coefficient (Wildman–Crippen LogP) is 1.19. The zero-order chi connectivity index (χ0) is 2.71. The van der Waals surface area contributed by atoms with Crippen LogP contribution in [0.4, 0.5) is 0 Å². The van der Waals surface area contributed by atoms with E-state index >= 15 is 0 Å². The van der Waals surface area contributed by atoms with Crippen molar-refractivity contribution in [3.05, 3.63) is 12.7 Å². The van der Waals surface area contributed by atoms with E-state index in [1.807, 2.05) is 6.92 Å². The average Bonchev–Trinajstić information content (AvgIpc) is 0.918. The summed E-state index contributed by atoms with van der Waals surface area (Å²) in [5.41, 5.74) is 0. The van der Waals surface area contributed by atoms with Crippen LogP contribution in [0.25, 0.3) is 0 Å². The molecule has 0 bridgehead atoms. The van der Waals surface area contributed by atoms with E-state index in [-0.39, 0.29) is 18.6 Å². The van der Waals surface area contributed by atoms with E-state index in [1.165, 1.54) is 0 Å². The fourth-order valence-electron chi connectivity index (χ4n) is 0. The standard InChI is InChI=1S/C3H6.V/c1-3-2;/h3H,1H2,2H3;. The molecule has 0 aromatic carbocycles. The van der Waals surface area contributed by atoms with Crippen molar-refractivity contribution >= 4 is 0 Å². The summed E-state index contributed by atoms with van der Waals surface area (Å²) in [7, 11) is 0. The van der Waals surface area contributed by atoms with Crippen molar-refractivity contribution in [3.63, 3.8) is 0 Å². The van der Waals surface area contributed by atoms with Gasteiger partial charge in [0.25, 0.3) is 0 Å². The molecule has 0 nitrogen and oxygen atoms in total. The molecular weight excluding hydrogens is 87.0 g/mol. The Balaban J connectivity index is 0. The molecule has 0 rings (SSSR count). The second-order valence-corrected chi connectivity index (χ2v) is 0.408. The van der Waals surface area contributed by atoms with Crippen LogP contribution in [0, 0.1) is 0 Å². The monoisotopic (exact) mass is 93.0 g/mol. The van der Waals surface area contributed by atoms with E-state index in [0.717, 1.165) is 0 Å². The molecule has 0 spiro atoms. The van der Waals surface area contributed by atoms with Crippen molar-refractivity contribution in [1.82, 2.24) is 0 Å². The second kappa shape index (κ2) is 10.2. The van der Waals surface area contributed by atoms with Crippen molar-refractivity contribution < 1.29 is 18.6 Å². The van der Waals surface area contributed by atoms with Crippen LogP contribution in [0.1, 0.15) is 6.92 Å². The van der Waals surface area contributed by atoms with Crippen molar-refractivity contribution in [2.24, 2.45) is 0 Å². The maximum absolute atomic E-state index is 3.36. The third-order valence-corrected chi connectivity index (χ3v) is 0.